The molecule has 0 fully saturated rings. The van der Waals surface area contributed by atoms with Gasteiger partial charge in [0.1, 0.15) is 0 Å². The summed E-state index contributed by atoms with van der Waals surface area (Å²) >= 11 is 1.95. The first kappa shape index (κ1) is 14.5. The molecule has 17 heavy (non-hydrogen) atoms. The second kappa shape index (κ2) is 4.60. The number of alkyl halides is 6. The molecule has 0 heterocycles. The first-order valence-electron chi connectivity index (χ1n) is 3.92. The monoisotopic (exact) mass is 339 g/mol. The van der Waals surface area contributed by atoms with Gasteiger partial charge in [0.15, 0.2) is 0 Å². The lowest BCUT2D eigenvalue weighted by molar-refractivity contribution is -0.138. The molecule has 0 saturated carbocycles. The zero-order chi connectivity index (χ0) is 13.4. The van der Waals surface area contributed by atoms with Crippen molar-refractivity contribution in [3.8, 4) is 0 Å². The fraction of sp³-hybridized carbons (Fsp3) is 0.250. The quantitative estimate of drug-likeness (QED) is 0.457. The Balaban J connectivity index is 3.25. The second-order valence-corrected chi connectivity index (χ2v) is 4.85. The first-order valence-corrected chi connectivity index (χ1v) is 5.53. The average Bonchev–Trinajstić information content (AvgIpc) is 2.06. The van der Waals surface area contributed by atoms with E-state index in [-0.39, 0.29) is 0 Å². The number of benzene rings is 1. The molecule has 0 aliphatic carbocycles. The van der Waals surface area contributed by atoms with Crippen LogP contribution in [0.1, 0.15) is 5.56 Å². The molecule has 1 rings (SSSR count). The number of nitrogen functional groups attached to an aromatic ring is 1. The summed E-state index contributed by atoms with van der Waals surface area (Å²) in [6, 6.07) is 1.23. The van der Waals surface area contributed by atoms with E-state index >= 15 is 0 Å². The predicted octanol–water partition coefficient (Wildman–Crippen LogP) is 4.66. The van der Waals surface area contributed by atoms with Crippen LogP contribution in [0.3, 0.4) is 0 Å². The molecule has 0 aliphatic heterocycles. The smallest absolute Gasteiger partial charge is 0.398 e. The van der Waals surface area contributed by atoms with Gasteiger partial charge in [0.25, 0.3) is 0 Å². The minimum Gasteiger partial charge on any atom is -0.398 e. The summed E-state index contributed by atoms with van der Waals surface area (Å²) < 4.78 is 73.0. The number of halogens is 7. The Morgan fingerprint density at radius 3 is 2.00 bits per heavy atom. The minimum atomic E-state index is -4.77. The van der Waals surface area contributed by atoms with Crippen molar-refractivity contribution < 1.29 is 26.3 Å². The molecule has 0 unspecified atom stereocenters. The number of thioether (sulfide) groups is 1. The molecule has 1 aromatic rings. The number of rotatable bonds is 1. The van der Waals surface area contributed by atoms with E-state index in [1.54, 1.807) is 0 Å². The summed E-state index contributed by atoms with van der Waals surface area (Å²) in [4.78, 5) is -0.606. The minimum absolute atomic E-state index is 0.397. The van der Waals surface area contributed by atoms with E-state index in [0.717, 1.165) is 6.07 Å². The third-order valence-electron chi connectivity index (χ3n) is 1.61. The number of nitrogens with two attached hydrogens (primary N) is 1. The lowest BCUT2D eigenvalue weighted by Crippen LogP contribution is -2.09. The Morgan fingerprint density at radius 2 is 1.59 bits per heavy atom. The van der Waals surface area contributed by atoms with Crippen LogP contribution in [0, 0.1) is 0 Å². The third-order valence-corrected chi connectivity index (χ3v) is 3.20. The van der Waals surface area contributed by atoms with E-state index in [2.05, 4.69) is 15.9 Å². The van der Waals surface area contributed by atoms with Gasteiger partial charge in [0.05, 0.1) is 10.0 Å². The van der Waals surface area contributed by atoms with Gasteiger partial charge in [0.2, 0.25) is 0 Å². The number of anilines is 1. The maximum absolute atomic E-state index is 12.5. The number of hydrogen-bond donors (Lipinski definition) is 1. The third kappa shape index (κ3) is 3.98. The van der Waals surface area contributed by atoms with Gasteiger partial charge >= 0.3 is 11.7 Å². The first-order chi connectivity index (χ1) is 7.50. The van der Waals surface area contributed by atoms with Gasteiger partial charge < -0.3 is 5.73 Å². The molecule has 0 bridgehead atoms. The number of hydrogen-bond acceptors (Lipinski definition) is 2. The fourth-order valence-electron chi connectivity index (χ4n) is 1.02. The summed E-state index contributed by atoms with van der Waals surface area (Å²) in [5, 5.41) is 0. The zero-order valence-electron chi connectivity index (χ0n) is 7.79. The van der Waals surface area contributed by atoms with Crippen molar-refractivity contribution in [2.45, 2.75) is 16.6 Å². The van der Waals surface area contributed by atoms with Gasteiger partial charge in [-0.05, 0) is 39.8 Å². The summed E-state index contributed by atoms with van der Waals surface area (Å²) in [5.41, 5.74) is -1.08. The maximum Gasteiger partial charge on any atom is 0.446 e. The highest BCUT2D eigenvalue weighted by molar-refractivity contribution is 9.10. The van der Waals surface area contributed by atoms with E-state index in [9.17, 15) is 26.3 Å². The summed E-state index contributed by atoms with van der Waals surface area (Å²) in [6.07, 6.45) is -4.77. The highest BCUT2D eigenvalue weighted by atomic mass is 79.9. The van der Waals surface area contributed by atoms with Crippen molar-refractivity contribution >= 4 is 33.4 Å². The lowest BCUT2D eigenvalue weighted by atomic mass is 10.2. The Kier molecular flexibility index (Phi) is 3.92. The predicted molar refractivity (Wildman–Crippen MR) is 55.5 cm³/mol. The van der Waals surface area contributed by atoms with Gasteiger partial charge in [-0.25, -0.2) is 0 Å². The van der Waals surface area contributed by atoms with E-state index < -0.39 is 44.1 Å². The fourth-order valence-corrected chi connectivity index (χ4v) is 2.10. The van der Waals surface area contributed by atoms with Crippen molar-refractivity contribution in [1.29, 1.82) is 0 Å². The van der Waals surface area contributed by atoms with Crippen LogP contribution in [0.25, 0.3) is 0 Å². The molecule has 0 spiro atoms. The van der Waals surface area contributed by atoms with Crippen LogP contribution in [-0.2, 0) is 6.18 Å². The van der Waals surface area contributed by atoms with Gasteiger partial charge in [-0.15, -0.1) is 0 Å². The molecule has 0 aliphatic rings. The molecule has 96 valence electrons. The maximum atomic E-state index is 12.5. The molecule has 0 saturated heterocycles. The molecule has 0 atom stereocenters. The van der Waals surface area contributed by atoms with Crippen molar-refractivity contribution in [3.05, 3.63) is 22.2 Å². The van der Waals surface area contributed by atoms with Gasteiger partial charge in [-0.2, -0.15) is 26.3 Å². The van der Waals surface area contributed by atoms with Crippen molar-refractivity contribution in [1.82, 2.24) is 0 Å². The largest absolute Gasteiger partial charge is 0.446 e. The lowest BCUT2D eigenvalue weighted by Gasteiger charge is -2.13. The molecule has 0 aromatic heterocycles. The summed E-state index contributed by atoms with van der Waals surface area (Å²) in [5.74, 6) is 0. The van der Waals surface area contributed by atoms with Crippen LogP contribution in [0.2, 0.25) is 0 Å². The van der Waals surface area contributed by atoms with Crippen LogP contribution in [0.15, 0.2) is 21.5 Å². The highest BCUT2D eigenvalue weighted by Crippen LogP contribution is 2.44. The Labute approximate surface area is 104 Å². The SMILES string of the molecule is Nc1cc(SC(F)(F)F)cc(C(F)(F)F)c1Br. The van der Waals surface area contributed by atoms with E-state index in [1.165, 1.54) is 0 Å². The van der Waals surface area contributed by atoms with Crippen molar-refractivity contribution in [2.24, 2.45) is 0 Å². The van der Waals surface area contributed by atoms with Crippen molar-refractivity contribution in [2.75, 3.05) is 5.73 Å². The molecule has 1 aromatic carbocycles. The van der Waals surface area contributed by atoms with Crippen LogP contribution in [0.4, 0.5) is 32.0 Å². The van der Waals surface area contributed by atoms with E-state index in [4.69, 9.17) is 5.73 Å². The standard InChI is InChI=1S/C8H4BrF6NS/c9-6-4(7(10,11)12)1-3(2-5(6)16)17-8(13,14)15/h1-2H,16H2. The highest BCUT2D eigenvalue weighted by Gasteiger charge is 2.36. The van der Waals surface area contributed by atoms with E-state index in [0.29, 0.717) is 6.07 Å². The topological polar surface area (TPSA) is 26.0 Å². The van der Waals surface area contributed by atoms with Crippen LogP contribution < -0.4 is 5.73 Å². The molecule has 2 N–H and O–H groups in total. The Hall–Kier alpha value is -0.570. The molecular weight excluding hydrogens is 336 g/mol. The molecule has 1 nitrogen and oxygen atoms in total. The molecule has 0 radical (unpaired) electrons. The average molecular weight is 340 g/mol. The summed E-state index contributed by atoms with van der Waals surface area (Å²) in [7, 11) is 0. The van der Waals surface area contributed by atoms with Gasteiger partial charge in [-0.1, -0.05) is 0 Å². The molecule has 9 heteroatoms. The van der Waals surface area contributed by atoms with Crippen molar-refractivity contribution in [3.63, 3.8) is 0 Å². The van der Waals surface area contributed by atoms with Gasteiger partial charge in [0, 0.05) is 10.6 Å². The zero-order valence-corrected chi connectivity index (χ0v) is 10.2. The second-order valence-electron chi connectivity index (χ2n) is 2.92. The Bertz CT molecular complexity index is 427. The normalized spacial score (nSPS) is 12.9. The summed E-state index contributed by atoms with van der Waals surface area (Å²) in [6.45, 7) is 0. The molecular formula is C8H4BrF6NS. The Morgan fingerprint density at radius 1 is 1.06 bits per heavy atom. The van der Waals surface area contributed by atoms with Crippen LogP contribution in [0.5, 0.6) is 0 Å². The van der Waals surface area contributed by atoms with Gasteiger partial charge in [-0.3, -0.25) is 0 Å². The van der Waals surface area contributed by atoms with Crippen LogP contribution in [-0.4, -0.2) is 5.51 Å². The molecule has 0 amide bonds. The van der Waals surface area contributed by atoms with E-state index in [1.807, 2.05) is 0 Å². The van der Waals surface area contributed by atoms with Crippen LogP contribution >= 0.6 is 27.7 Å².